The van der Waals surface area contributed by atoms with Crippen LogP contribution in [0.4, 0.5) is 4.39 Å². The van der Waals surface area contributed by atoms with E-state index in [1.54, 1.807) is 6.07 Å². The van der Waals surface area contributed by atoms with Crippen LogP contribution in [0, 0.1) is 16.6 Å². The molecule has 0 saturated carbocycles. The molecule has 0 saturated heterocycles. The molecule has 2 heteroatoms. The van der Waals surface area contributed by atoms with Crippen LogP contribution in [0.2, 0.25) is 0 Å². The van der Waals surface area contributed by atoms with Gasteiger partial charge in [-0.1, -0.05) is 66.7 Å². The van der Waals surface area contributed by atoms with Crippen LogP contribution >= 0.6 is 0 Å². The van der Waals surface area contributed by atoms with Gasteiger partial charge in [0.2, 0.25) is 0 Å². The summed E-state index contributed by atoms with van der Waals surface area (Å²) in [5.74, 6) is -0.250. The van der Waals surface area contributed by atoms with Crippen molar-refractivity contribution in [3.63, 3.8) is 0 Å². The number of rotatable bonds is 1. The molecule has 0 fully saturated rings. The van der Waals surface area contributed by atoms with Crippen molar-refractivity contribution in [2.45, 2.75) is 53.9 Å². The lowest BCUT2D eigenvalue weighted by atomic mass is 9.53. The highest BCUT2D eigenvalue weighted by Gasteiger charge is 2.49. The van der Waals surface area contributed by atoms with Gasteiger partial charge >= 0.3 is 0 Å². The van der Waals surface area contributed by atoms with E-state index < -0.39 is 0 Å². The number of fused-ring (bicyclic) bond motifs is 1. The summed E-state index contributed by atoms with van der Waals surface area (Å²) in [5, 5.41) is 0.851. The second kappa shape index (κ2) is 4.79. The zero-order valence-corrected chi connectivity index (χ0v) is 14.2. The fourth-order valence-electron chi connectivity index (χ4n) is 3.28. The molecule has 0 radical (unpaired) electrons. The quantitative estimate of drug-likeness (QED) is 0.653. The van der Waals surface area contributed by atoms with Crippen molar-refractivity contribution < 1.29 is 4.39 Å². The lowest BCUT2D eigenvalue weighted by molar-refractivity contribution is 0.0655. The van der Waals surface area contributed by atoms with Gasteiger partial charge in [0.1, 0.15) is 11.3 Å². The molecule has 0 atom stereocenters. The van der Waals surface area contributed by atoms with Gasteiger partial charge in [0.15, 0.2) is 0 Å². The van der Waals surface area contributed by atoms with Crippen molar-refractivity contribution in [3.05, 3.63) is 41.8 Å². The van der Waals surface area contributed by atoms with E-state index in [1.165, 1.54) is 6.07 Å². The molecule has 2 rings (SSSR count). The molecule has 0 spiro atoms. The Hall–Kier alpha value is -1.44. The highest BCUT2D eigenvalue weighted by molar-refractivity contribution is 5.79. The number of para-hydroxylation sites is 1. The largest absolute Gasteiger partial charge is 0.249 e. The summed E-state index contributed by atoms with van der Waals surface area (Å²) < 4.78 is 14.1. The van der Waals surface area contributed by atoms with Gasteiger partial charge in [-0.3, -0.25) is 0 Å². The highest BCUT2D eigenvalue weighted by atomic mass is 19.1. The van der Waals surface area contributed by atoms with Gasteiger partial charge < -0.3 is 0 Å². The van der Waals surface area contributed by atoms with E-state index in [2.05, 4.69) is 54.5 Å². The predicted molar refractivity (Wildman–Crippen MR) is 88.0 cm³/mol. The predicted octanol–water partition coefficient (Wildman–Crippen LogP) is 5.72. The average Bonchev–Trinajstić information content (AvgIpc) is 2.35. The van der Waals surface area contributed by atoms with Gasteiger partial charge in [-0.15, -0.1) is 0 Å². The number of nitrogens with zero attached hydrogens (tertiary/aromatic N) is 1. The number of aromatic nitrogens is 1. The topological polar surface area (TPSA) is 12.9 Å². The van der Waals surface area contributed by atoms with Crippen LogP contribution < -0.4 is 0 Å². The smallest absolute Gasteiger partial charge is 0.149 e. The van der Waals surface area contributed by atoms with Crippen LogP contribution in [0.5, 0.6) is 0 Å². The number of benzene rings is 1. The first kappa shape index (κ1) is 15.9. The second-order valence-corrected chi connectivity index (χ2v) is 8.13. The molecule has 114 valence electrons. The Labute approximate surface area is 127 Å². The molecule has 0 unspecified atom stereocenters. The molecule has 0 N–H and O–H groups in total. The third-order valence-corrected chi connectivity index (χ3v) is 5.18. The normalized spacial score (nSPS) is 13.7. The van der Waals surface area contributed by atoms with E-state index in [9.17, 15) is 4.39 Å². The standard InChI is InChI=1S/C19H26FN/c1-17(2,3)19(7,18(4,5)6)15-12-11-13-9-8-10-14(20)16(13)21-15/h8-12H,1-7H3. The molecule has 0 aliphatic rings. The fourth-order valence-corrected chi connectivity index (χ4v) is 3.28. The zero-order valence-electron chi connectivity index (χ0n) is 14.2. The van der Waals surface area contributed by atoms with Gasteiger partial charge in [0.05, 0.1) is 0 Å². The van der Waals surface area contributed by atoms with E-state index in [0.29, 0.717) is 5.52 Å². The summed E-state index contributed by atoms with van der Waals surface area (Å²) in [6.45, 7) is 15.6. The molecule has 0 amide bonds. The SMILES string of the molecule is CC(C)(C)C(C)(c1ccc2cccc(F)c2n1)C(C)(C)C. The van der Waals surface area contributed by atoms with Gasteiger partial charge in [-0.2, -0.15) is 0 Å². The monoisotopic (exact) mass is 287 g/mol. The number of halogens is 1. The third kappa shape index (κ3) is 2.45. The first-order valence-electron chi connectivity index (χ1n) is 7.54. The van der Waals surface area contributed by atoms with Crippen LogP contribution in [0.1, 0.15) is 54.2 Å². The maximum atomic E-state index is 14.1. The third-order valence-electron chi connectivity index (χ3n) is 5.18. The van der Waals surface area contributed by atoms with Gasteiger partial charge in [0.25, 0.3) is 0 Å². The Balaban J connectivity index is 2.76. The van der Waals surface area contributed by atoms with Crippen LogP contribution in [0.25, 0.3) is 10.9 Å². The van der Waals surface area contributed by atoms with Crippen LogP contribution in [-0.4, -0.2) is 4.98 Å². The Kier molecular flexibility index (Phi) is 3.64. The van der Waals surface area contributed by atoms with Crippen LogP contribution in [0.3, 0.4) is 0 Å². The Morgan fingerprint density at radius 1 is 0.810 bits per heavy atom. The van der Waals surface area contributed by atoms with Crippen molar-refractivity contribution in [3.8, 4) is 0 Å². The number of hydrogen-bond donors (Lipinski definition) is 0. The molecule has 0 aliphatic carbocycles. The fraction of sp³-hybridized carbons (Fsp3) is 0.526. The minimum absolute atomic E-state index is 0.0111. The first-order chi connectivity index (χ1) is 9.48. The first-order valence-corrected chi connectivity index (χ1v) is 7.54. The molecule has 1 aromatic heterocycles. The molecule has 2 aromatic rings. The van der Waals surface area contributed by atoms with E-state index in [0.717, 1.165) is 11.1 Å². The molecule has 21 heavy (non-hydrogen) atoms. The molecule has 0 aliphatic heterocycles. The van der Waals surface area contributed by atoms with Gasteiger partial charge in [0, 0.05) is 16.5 Å². The Morgan fingerprint density at radius 3 is 1.90 bits per heavy atom. The summed E-state index contributed by atoms with van der Waals surface area (Å²) in [6.07, 6.45) is 0. The Bertz CT molecular complexity index is 645. The van der Waals surface area contributed by atoms with Gasteiger partial charge in [-0.25, -0.2) is 9.37 Å². The van der Waals surface area contributed by atoms with Gasteiger partial charge in [-0.05, 0) is 23.0 Å². The van der Waals surface area contributed by atoms with E-state index in [-0.39, 0.29) is 22.1 Å². The van der Waals surface area contributed by atoms with Crippen molar-refractivity contribution in [1.82, 2.24) is 4.98 Å². The Morgan fingerprint density at radius 2 is 1.38 bits per heavy atom. The van der Waals surface area contributed by atoms with Crippen molar-refractivity contribution >= 4 is 10.9 Å². The minimum atomic E-state index is -0.250. The molecular weight excluding hydrogens is 261 g/mol. The molecule has 1 aromatic carbocycles. The van der Waals surface area contributed by atoms with Crippen LogP contribution in [-0.2, 0) is 5.41 Å². The average molecular weight is 287 g/mol. The molecule has 1 heterocycles. The highest BCUT2D eigenvalue weighted by Crippen LogP contribution is 2.52. The van der Waals surface area contributed by atoms with E-state index in [1.807, 2.05) is 12.1 Å². The van der Waals surface area contributed by atoms with Crippen molar-refractivity contribution in [1.29, 1.82) is 0 Å². The summed E-state index contributed by atoms with van der Waals surface area (Å²) in [6, 6.07) is 9.14. The maximum Gasteiger partial charge on any atom is 0.149 e. The van der Waals surface area contributed by atoms with Crippen molar-refractivity contribution in [2.75, 3.05) is 0 Å². The molecule has 1 nitrogen and oxygen atoms in total. The number of hydrogen-bond acceptors (Lipinski definition) is 1. The summed E-state index contributed by atoms with van der Waals surface area (Å²) in [4.78, 5) is 4.70. The lowest BCUT2D eigenvalue weighted by Crippen LogP contribution is -2.48. The minimum Gasteiger partial charge on any atom is -0.249 e. The molecular formula is C19H26FN. The van der Waals surface area contributed by atoms with E-state index in [4.69, 9.17) is 4.98 Å². The summed E-state index contributed by atoms with van der Waals surface area (Å²) >= 11 is 0. The molecule has 0 bridgehead atoms. The number of pyridine rings is 1. The lowest BCUT2D eigenvalue weighted by Gasteiger charge is -2.51. The second-order valence-electron chi connectivity index (χ2n) is 8.13. The summed E-state index contributed by atoms with van der Waals surface area (Å²) in [5.41, 5.74) is 1.28. The summed E-state index contributed by atoms with van der Waals surface area (Å²) in [7, 11) is 0. The van der Waals surface area contributed by atoms with Crippen LogP contribution in [0.15, 0.2) is 30.3 Å². The van der Waals surface area contributed by atoms with E-state index >= 15 is 0 Å². The zero-order chi connectivity index (χ0) is 16.1. The maximum absolute atomic E-state index is 14.1. The van der Waals surface area contributed by atoms with Crippen molar-refractivity contribution in [2.24, 2.45) is 10.8 Å².